The molecule has 0 radical (unpaired) electrons. The molecule has 4 rings (SSSR count). The van der Waals surface area contributed by atoms with Gasteiger partial charge in [-0.1, -0.05) is 18.2 Å². The van der Waals surface area contributed by atoms with Gasteiger partial charge in [-0.25, -0.2) is 32.6 Å². The number of ether oxygens (including phenoxy) is 1. The number of urea groups is 1. The average Bonchev–Trinajstić information content (AvgIpc) is 3.34. The number of alkyl halides is 1. The molecule has 2 N–H and O–H groups in total. The quantitative estimate of drug-likeness (QED) is 0.324. The molecule has 0 aliphatic carbocycles. The zero-order chi connectivity index (χ0) is 30.4. The van der Waals surface area contributed by atoms with Gasteiger partial charge >= 0.3 is 12.1 Å². The molecule has 0 unspecified atom stereocenters. The van der Waals surface area contributed by atoms with Crippen molar-refractivity contribution in [3.63, 3.8) is 0 Å². The fourth-order valence-corrected chi connectivity index (χ4v) is 4.41. The zero-order valence-corrected chi connectivity index (χ0v) is 24.1. The summed E-state index contributed by atoms with van der Waals surface area (Å²) >= 11 is 0. The van der Waals surface area contributed by atoms with Crippen LogP contribution in [0.2, 0.25) is 0 Å². The molecule has 9 nitrogen and oxygen atoms in total. The molecule has 1 aliphatic rings. The van der Waals surface area contributed by atoms with E-state index in [0.29, 0.717) is 12.1 Å². The Labute approximate surface area is 243 Å². The van der Waals surface area contributed by atoms with Gasteiger partial charge in [0.15, 0.2) is 17.5 Å². The summed E-state index contributed by atoms with van der Waals surface area (Å²) in [5, 5.41) is 5.65. The number of hydrogen-bond donors (Lipinski definition) is 2. The molecular weight excluding hydrogens is 549 g/mol. The van der Waals surface area contributed by atoms with Crippen LogP contribution in [0.15, 0.2) is 48.7 Å². The molecular formula is C30H35F3N6O3. The van der Waals surface area contributed by atoms with Gasteiger partial charge in [0.1, 0.15) is 17.6 Å². The number of rotatable bonds is 8. The van der Waals surface area contributed by atoms with Gasteiger partial charge in [-0.3, -0.25) is 4.98 Å². The molecule has 3 heterocycles. The highest BCUT2D eigenvalue weighted by Crippen LogP contribution is 2.30. The normalized spacial score (nSPS) is 14.9. The molecule has 224 valence electrons. The molecule has 42 heavy (non-hydrogen) atoms. The summed E-state index contributed by atoms with van der Waals surface area (Å²) in [6, 6.07) is 9.83. The van der Waals surface area contributed by atoms with Crippen LogP contribution >= 0.6 is 0 Å². The van der Waals surface area contributed by atoms with Crippen LogP contribution in [0.1, 0.15) is 44.0 Å². The average molecular weight is 585 g/mol. The minimum absolute atomic E-state index is 0.00575. The highest BCUT2D eigenvalue weighted by atomic mass is 19.1. The molecule has 2 aromatic heterocycles. The Hall–Kier alpha value is -4.35. The van der Waals surface area contributed by atoms with Crippen LogP contribution < -0.4 is 15.5 Å². The first-order chi connectivity index (χ1) is 19.9. The summed E-state index contributed by atoms with van der Waals surface area (Å²) in [6.45, 7) is 7.16. The number of carbonyl (C=O) groups is 2. The molecule has 1 aliphatic heterocycles. The number of pyridine rings is 2. The van der Waals surface area contributed by atoms with Gasteiger partial charge < -0.3 is 20.3 Å². The third-order valence-corrected chi connectivity index (χ3v) is 6.51. The van der Waals surface area contributed by atoms with Crippen molar-refractivity contribution in [2.45, 2.75) is 58.9 Å². The molecule has 1 atom stereocenters. The number of aryl methyl sites for hydroxylation is 1. The van der Waals surface area contributed by atoms with Crippen LogP contribution in [0.5, 0.6) is 0 Å². The Morgan fingerprint density at radius 1 is 1.17 bits per heavy atom. The van der Waals surface area contributed by atoms with Crippen molar-refractivity contribution >= 4 is 29.4 Å². The fourth-order valence-electron chi connectivity index (χ4n) is 4.41. The Morgan fingerprint density at radius 2 is 1.95 bits per heavy atom. The van der Waals surface area contributed by atoms with Gasteiger partial charge in [-0.15, -0.1) is 0 Å². The lowest BCUT2D eigenvalue weighted by atomic mass is 10.1. The molecule has 12 heteroatoms. The maximum absolute atomic E-state index is 15.3. The molecule has 0 saturated carbocycles. The summed E-state index contributed by atoms with van der Waals surface area (Å²) in [7, 11) is 0. The number of anilines is 3. The van der Waals surface area contributed by atoms with Crippen LogP contribution in [0.3, 0.4) is 0 Å². The van der Waals surface area contributed by atoms with E-state index in [1.165, 1.54) is 17.0 Å². The maximum atomic E-state index is 15.3. The first-order valence-electron chi connectivity index (χ1n) is 13.7. The highest BCUT2D eigenvalue weighted by Gasteiger charge is 2.30. The summed E-state index contributed by atoms with van der Waals surface area (Å²) in [5.41, 5.74) is 1.02. The van der Waals surface area contributed by atoms with E-state index in [0.717, 1.165) is 22.1 Å². The van der Waals surface area contributed by atoms with Crippen molar-refractivity contribution in [2.24, 2.45) is 0 Å². The molecule has 1 saturated heterocycles. The summed E-state index contributed by atoms with van der Waals surface area (Å²) in [4.78, 5) is 37.7. The first-order valence-corrected chi connectivity index (χ1v) is 13.7. The van der Waals surface area contributed by atoms with Crippen molar-refractivity contribution in [1.82, 2.24) is 14.9 Å². The van der Waals surface area contributed by atoms with Crippen molar-refractivity contribution < 1.29 is 27.5 Å². The van der Waals surface area contributed by atoms with E-state index in [4.69, 9.17) is 4.74 Å². The van der Waals surface area contributed by atoms with Crippen LogP contribution in [-0.4, -0.2) is 58.4 Å². The predicted octanol–water partition coefficient (Wildman–Crippen LogP) is 6.24. The lowest BCUT2D eigenvalue weighted by Crippen LogP contribution is -2.43. The third-order valence-electron chi connectivity index (χ3n) is 6.51. The van der Waals surface area contributed by atoms with E-state index in [2.05, 4.69) is 20.6 Å². The number of benzene rings is 1. The molecule has 0 spiro atoms. The smallest absolute Gasteiger partial charge is 0.418 e. The van der Waals surface area contributed by atoms with Crippen LogP contribution in [0.4, 0.5) is 40.1 Å². The minimum Gasteiger partial charge on any atom is -0.443 e. The highest BCUT2D eigenvalue weighted by molar-refractivity contribution is 6.00. The molecule has 3 aromatic rings. The minimum atomic E-state index is -1.10. The number of amides is 3. The maximum Gasteiger partial charge on any atom is 0.418 e. The fraction of sp³-hybridized carbons (Fsp3) is 0.400. The second kappa shape index (κ2) is 13.1. The van der Waals surface area contributed by atoms with Gasteiger partial charge in [-0.05, 0) is 69.9 Å². The van der Waals surface area contributed by atoms with Crippen molar-refractivity contribution in [2.75, 3.05) is 35.2 Å². The lowest BCUT2D eigenvalue weighted by Gasteiger charge is -2.27. The summed E-state index contributed by atoms with van der Waals surface area (Å²) in [5.74, 6) is -1.09. The van der Waals surface area contributed by atoms with Crippen LogP contribution in [-0.2, 0) is 17.7 Å². The second-order valence-electron chi connectivity index (χ2n) is 11.1. The second-order valence-corrected chi connectivity index (χ2v) is 11.1. The zero-order valence-electron chi connectivity index (χ0n) is 24.1. The van der Waals surface area contributed by atoms with Crippen molar-refractivity contribution in [1.29, 1.82) is 0 Å². The number of aromatic nitrogens is 2. The van der Waals surface area contributed by atoms with E-state index < -0.39 is 29.7 Å². The van der Waals surface area contributed by atoms with Crippen molar-refractivity contribution in [3.8, 4) is 0 Å². The Balaban J connectivity index is 1.62. The third kappa shape index (κ3) is 8.11. The number of nitrogens with one attached hydrogen (secondary N) is 2. The number of hydrogen-bond acceptors (Lipinski definition) is 7. The SMILES string of the molecule is Cc1cccnc1CN(C(=O)Nc1cc(F)c(N2CC[C@@H](F)C2)nc1NCCc1cccc(F)c1)C(=O)OC(C)(C)C. The largest absolute Gasteiger partial charge is 0.443 e. The lowest BCUT2D eigenvalue weighted by molar-refractivity contribution is 0.0318. The summed E-state index contributed by atoms with van der Waals surface area (Å²) in [6.07, 6.45) is 0.180. The van der Waals surface area contributed by atoms with E-state index in [9.17, 15) is 18.4 Å². The standard InChI is InChI=1S/C30H35F3N6O3/c1-19-7-6-12-34-25(19)18-39(29(41)42-30(2,3)4)28(40)36-24-16-23(33)27(38-14-11-22(32)17-38)37-26(24)35-13-10-20-8-5-9-21(31)15-20/h5-9,12,15-16,22H,10-11,13-14,17-18H2,1-4H3,(H,35,37)(H,36,40)/t22-/m1/s1. The van der Waals surface area contributed by atoms with Gasteiger partial charge in [0, 0.05) is 25.4 Å². The number of imide groups is 1. The van der Waals surface area contributed by atoms with Crippen molar-refractivity contribution in [3.05, 3.63) is 77.1 Å². The van der Waals surface area contributed by atoms with Gasteiger partial charge in [0.2, 0.25) is 0 Å². The van der Waals surface area contributed by atoms with Gasteiger partial charge in [0.05, 0.1) is 24.5 Å². The van der Waals surface area contributed by atoms with E-state index in [1.807, 2.05) is 0 Å². The Bertz CT molecular complexity index is 1430. The molecule has 0 bridgehead atoms. The molecule has 1 fully saturated rings. The summed E-state index contributed by atoms with van der Waals surface area (Å²) < 4.78 is 48.3. The van der Waals surface area contributed by atoms with E-state index in [-0.39, 0.29) is 55.7 Å². The Kier molecular flexibility index (Phi) is 9.54. The molecule has 3 amide bonds. The van der Waals surface area contributed by atoms with Gasteiger partial charge in [0.25, 0.3) is 0 Å². The molecule has 1 aromatic carbocycles. The van der Waals surface area contributed by atoms with Crippen LogP contribution in [0, 0.1) is 18.6 Å². The number of carbonyl (C=O) groups excluding carboxylic acids is 2. The first kappa shape index (κ1) is 30.6. The number of halogens is 3. The van der Waals surface area contributed by atoms with E-state index in [1.54, 1.807) is 58.2 Å². The number of nitrogens with zero attached hydrogens (tertiary/aromatic N) is 4. The topological polar surface area (TPSA) is 99.7 Å². The monoisotopic (exact) mass is 584 g/mol. The predicted molar refractivity (Wildman–Crippen MR) is 154 cm³/mol. The Morgan fingerprint density at radius 3 is 2.62 bits per heavy atom. The van der Waals surface area contributed by atoms with Gasteiger partial charge in [-0.2, -0.15) is 0 Å². The van der Waals surface area contributed by atoms with Crippen LogP contribution in [0.25, 0.3) is 0 Å². The van der Waals surface area contributed by atoms with E-state index >= 15 is 4.39 Å².